The van der Waals surface area contributed by atoms with Gasteiger partial charge in [-0.05, 0) is 43.5 Å². The first-order valence-corrected chi connectivity index (χ1v) is 9.39. The molecule has 1 aromatic carbocycles. The molecular weight excluding hydrogens is 316 g/mol. The zero-order chi connectivity index (χ0) is 18.1. The van der Waals surface area contributed by atoms with Crippen LogP contribution in [0.4, 0.5) is 0 Å². The highest BCUT2D eigenvalue weighted by Crippen LogP contribution is 2.27. The Kier molecular flexibility index (Phi) is 8.06. The van der Waals surface area contributed by atoms with Crippen LogP contribution < -0.4 is 14.8 Å². The highest BCUT2D eigenvalue weighted by Gasteiger charge is 2.21. The third-order valence-electron chi connectivity index (χ3n) is 5.03. The van der Waals surface area contributed by atoms with Crippen LogP contribution in [0.5, 0.6) is 11.5 Å². The Bertz CT molecular complexity index is 542. The Morgan fingerprint density at radius 3 is 2.52 bits per heavy atom. The van der Waals surface area contributed by atoms with Gasteiger partial charge in [-0.15, -0.1) is 0 Å². The fraction of sp³-hybridized carbons (Fsp3) is 0.650. The average molecular weight is 348 g/mol. The van der Waals surface area contributed by atoms with Gasteiger partial charge >= 0.3 is 0 Å². The Labute approximate surface area is 151 Å². The van der Waals surface area contributed by atoms with Gasteiger partial charge in [0.25, 0.3) is 0 Å². The molecule has 0 aromatic heterocycles. The normalized spacial score (nSPS) is 15.2. The van der Waals surface area contributed by atoms with Crippen molar-refractivity contribution in [2.24, 2.45) is 0 Å². The maximum absolute atomic E-state index is 12.3. The van der Waals surface area contributed by atoms with E-state index < -0.39 is 0 Å². The highest BCUT2D eigenvalue weighted by atomic mass is 16.5. The van der Waals surface area contributed by atoms with Gasteiger partial charge in [-0.3, -0.25) is 9.69 Å². The zero-order valence-electron chi connectivity index (χ0n) is 15.8. The van der Waals surface area contributed by atoms with Crippen molar-refractivity contribution in [2.75, 3.05) is 33.9 Å². The van der Waals surface area contributed by atoms with Gasteiger partial charge in [0.2, 0.25) is 5.91 Å². The van der Waals surface area contributed by atoms with E-state index in [0.717, 1.165) is 30.0 Å². The average Bonchev–Trinajstić information content (AvgIpc) is 2.66. The minimum Gasteiger partial charge on any atom is -0.493 e. The molecule has 0 heterocycles. The number of rotatable bonds is 9. The van der Waals surface area contributed by atoms with Gasteiger partial charge < -0.3 is 14.8 Å². The first-order chi connectivity index (χ1) is 12.2. The molecule has 1 aromatic rings. The van der Waals surface area contributed by atoms with Gasteiger partial charge in [-0.1, -0.05) is 32.3 Å². The summed E-state index contributed by atoms with van der Waals surface area (Å²) in [5.41, 5.74) is 1.12. The van der Waals surface area contributed by atoms with E-state index in [0.29, 0.717) is 19.1 Å². The minimum atomic E-state index is 0.118. The van der Waals surface area contributed by atoms with Crippen molar-refractivity contribution >= 4 is 5.91 Å². The number of likely N-dealkylation sites (N-methyl/N-ethyl adjacent to an activating group) is 1. The lowest BCUT2D eigenvalue weighted by molar-refractivity contribution is -0.122. The predicted molar refractivity (Wildman–Crippen MR) is 100 cm³/mol. The second-order valence-electron chi connectivity index (χ2n) is 6.64. The van der Waals surface area contributed by atoms with Gasteiger partial charge in [-0.2, -0.15) is 0 Å². The van der Waals surface area contributed by atoms with Crippen LogP contribution in [0.3, 0.4) is 0 Å². The van der Waals surface area contributed by atoms with Crippen molar-refractivity contribution in [3.05, 3.63) is 23.8 Å². The number of carbonyl (C=O) groups excluding carboxylic acids is 1. The van der Waals surface area contributed by atoms with E-state index in [4.69, 9.17) is 9.47 Å². The monoisotopic (exact) mass is 348 g/mol. The SMILES string of the molecule is CCN(CC(=O)NCCc1ccc(OC)c(OC)c1)C1CCCCC1. The molecule has 140 valence electrons. The molecule has 2 rings (SSSR count). The lowest BCUT2D eigenvalue weighted by atomic mass is 9.94. The minimum absolute atomic E-state index is 0.118. The molecular formula is C20H32N2O3. The molecule has 25 heavy (non-hydrogen) atoms. The number of nitrogens with one attached hydrogen (secondary N) is 1. The summed E-state index contributed by atoms with van der Waals surface area (Å²) in [4.78, 5) is 14.6. The number of benzene rings is 1. The molecule has 0 saturated heterocycles. The van der Waals surface area contributed by atoms with Gasteiger partial charge in [0.05, 0.1) is 20.8 Å². The summed E-state index contributed by atoms with van der Waals surface area (Å²) in [5, 5.41) is 3.05. The molecule has 1 aliphatic rings. The Morgan fingerprint density at radius 1 is 1.16 bits per heavy atom. The predicted octanol–water partition coefficient (Wildman–Crippen LogP) is 3.02. The molecule has 1 fully saturated rings. The van der Waals surface area contributed by atoms with Gasteiger partial charge in [0.15, 0.2) is 11.5 Å². The van der Waals surface area contributed by atoms with E-state index in [9.17, 15) is 4.79 Å². The van der Waals surface area contributed by atoms with E-state index in [1.54, 1.807) is 14.2 Å². The second-order valence-corrected chi connectivity index (χ2v) is 6.64. The van der Waals surface area contributed by atoms with E-state index >= 15 is 0 Å². The summed E-state index contributed by atoms with van der Waals surface area (Å²) in [6.45, 7) is 4.23. The summed E-state index contributed by atoms with van der Waals surface area (Å²) in [5.74, 6) is 1.56. The quantitative estimate of drug-likeness (QED) is 0.745. The van der Waals surface area contributed by atoms with Crippen LogP contribution in [0.15, 0.2) is 18.2 Å². The first-order valence-electron chi connectivity index (χ1n) is 9.39. The third kappa shape index (κ3) is 5.92. The highest BCUT2D eigenvalue weighted by molar-refractivity contribution is 5.78. The smallest absolute Gasteiger partial charge is 0.234 e. The van der Waals surface area contributed by atoms with Crippen molar-refractivity contribution in [3.8, 4) is 11.5 Å². The van der Waals surface area contributed by atoms with Crippen LogP contribution in [0.1, 0.15) is 44.6 Å². The fourth-order valence-corrected chi connectivity index (χ4v) is 3.57. The summed E-state index contributed by atoms with van der Waals surface area (Å²) >= 11 is 0. The number of hydrogen-bond donors (Lipinski definition) is 1. The van der Waals surface area contributed by atoms with Crippen molar-refractivity contribution in [3.63, 3.8) is 0 Å². The van der Waals surface area contributed by atoms with Gasteiger partial charge in [-0.25, -0.2) is 0 Å². The molecule has 1 aliphatic carbocycles. The fourth-order valence-electron chi connectivity index (χ4n) is 3.57. The number of amides is 1. The third-order valence-corrected chi connectivity index (χ3v) is 5.03. The van der Waals surface area contributed by atoms with Crippen LogP contribution in [-0.4, -0.2) is 50.7 Å². The second kappa shape index (κ2) is 10.3. The van der Waals surface area contributed by atoms with Gasteiger partial charge in [0.1, 0.15) is 0 Å². The Hall–Kier alpha value is -1.75. The Balaban J connectivity index is 1.77. The maximum Gasteiger partial charge on any atom is 0.234 e. The van der Waals surface area contributed by atoms with Crippen molar-refractivity contribution in [1.82, 2.24) is 10.2 Å². The molecule has 0 atom stereocenters. The maximum atomic E-state index is 12.3. The topological polar surface area (TPSA) is 50.8 Å². The van der Waals surface area contributed by atoms with Crippen LogP contribution in [0.2, 0.25) is 0 Å². The number of nitrogens with zero attached hydrogens (tertiary/aromatic N) is 1. The molecule has 0 radical (unpaired) electrons. The first kappa shape index (κ1) is 19.6. The lowest BCUT2D eigenvalue weighted by Crippen LogP contribution is -2.44. The van der Waals surface area contributed by atoms with Gasteiger partial charge in [0, 0.05) is 12.6 Å². The largest absolute Gasteiger partial charge is 0.493 e. The lowest BCUT2D eigenvalue weighted by Gasteiger charge is -2.32. The van der Waals surface area contributed by atoms with Crippen LogP contribution in [0.25, 0.3) is 0 Å². The van der Waals surface area contributed by atoms with Crippen molar-refractivity contribution < 1.29 is 14.3 Å². The molecule has 0 spiro atoms. The summed E-state index contributed by atoms with van der Waals surface area (Å²) in [7, 11) is 3.26. The summed E-state index contributed by atoms with van der Waals surface area (Å²) in [6.07, 6.45) is 7.16. The number of hydrogen-bond acceptors (Lipinski definition) is 4. The molecule has 1 N–H and O–H groups in total. The van der Waals surface area contributed by atoms with E-state index in [1.807, 2.05) is 18.2 Å². The van der Waals surface area contributed by atoms with Crippen molar-refractivity contribution in [2.45, 2.75) is 51.5 Å². The standard InChI is InChI=1S/C20H32N2O3/c1-4-22(17-8-6-5-7-9-17)15-20(23)21-13-12-16-10-11-18(24-2)19(14-16)25-3/h10-11,14,17H,4-9,12-13,15H2,1-3H3,(H,21,23). The molecule has 0 unspecified atom stereocenters. The Morgan fingerprint density at radius 2 is 1.88 bits per heavy atom. The molecule has 1 amide bonds. The van der Waals surface area contributed by atoms with Crippen LogP contribution in [-0.2, 0) is 11.2 Å². The van der Waals surface area contributed by atoms with Crippen LogP contribution >= 0.6 is 0 Å². The number of methoxy groups -OCH3 is 2. The van der Waals surface area contributed by atoms with E-state index in [-0.39, 0.29) is 5.91 Å². The molecule has 0 aliphatic heterocycles. The van der Waals surface area contributed by atoms with E-state index in [1.165, 1.54) is 32.1 Å². The number of carbonyl (C=O) groups is 1. The molecule has 5 nitrogen and oxygen atoms in total. The number of ether oxygens (including phenoxy) is 2. The van der Waals surface area contributed by atoms with Crippen molar-refractivity contribution in [1.29, 1.82) is 0 Å². The molecule has 1 saturated carbocycles. The van der Waals surface area contributed by atoms with Crippen LogP contribution in [0, 0.1) is 0 Å². The molecule has 5 heteroatoms. The summed E-state index contributed by atoms with van der Waals surface area (Å²) < 4.78 is 10.6. The zero-order valence-corrected chi connectivity index (χ0v) is 15.8. The summed E-state index contributed by atoms with van der Waals surface area (Å²) in [6, 6.07) is 6.45. The van der Waals surface area contributed by atoms with E-state index in [2.05, 4.69) is 17.1 Å². The molecule has 0 bridgehead atoms.